The minimum Gasteiger partial charge on any atom is -0.370 e. The summed E-state index contributed by atoms with van der Waals surface area (Å²) in [5.74, 6) is 0. The van der Waals surface area contributed by atoms with E-state index in [-0.39, 0.29) is 0 Å². The first-order valence-corrected chi connectivity index (χ1v) is 6.57. The van der Waals surface area contributed by atoms with Crippen LogP contribution in [0.25, 0.3) is 0 Å². The van der Waals surface area contributed by atoms with Gasteiger partial charge in [-0.3, -0.25) is 0 Å². The molecule has 1 aromatic rings. The van der Waals surface area contributed by atoms with E-state index in [1.807, 2.05) is 0 Å². The molecule has 96 valence electrons. The Balaban J connectivity index is 2.64. The zero-order chi connectivity index (χ0) is 12.8. The average Bonchev–Trinajstić information content (AvgIpc) is 2.30. The van der Waals surface area contributed by atoms with Crippen molar-refractivity contribution >= 4 is 5.69 Å². The standard InChI is InChI=1S/C15H26N2/c1-6-14(11-16-12(2)3)17(5)15-9-7-13(4)8-10-15/h7-10,12,14,16H,6,11H2,1-5H3. The molecule has 0 saturated heterocycles. The number of hydrogen-bond acceptors (Lipinski definition) is 2. The van der Waals surface area contributed by atoms with Gasteiger partial charge in [0.05, 0.1) is 0 Å². The van der Waals surface area contributed by atoms with Crippen molar-refractivity contribution in [2.45, 2.75) is 46.2 Å². The van der Waals surface area contributed by atoms with Crippen LogP contribution in [0.15, 0.2) is 24.3 Å². The highest BCUT2D eigenvalue weighted by molar-refractivity contribution is 5.47. The second-order valence-electron chi connectivity index (χ2n) is 5.07. The Morgan fingerprint density at radius 2 is 1.76 bits per heavy atom. The number of aryl methyl sites for hydroxylation is 1. The van der Waals surface area contributed by atoms with E-state index >= 15 is 0 Å². The van der Waals surface area contributed by atoms with E-state index in [1.165, 1.54) is 11.3 Å². The molecule has 1 unspecified atom stereocenters. The highest BCUT2D eigenvalue weighted by Gasteiger charge is 2.13. The van der Waals surface area contributed by atoms with Gasteiger partial charge in [0.15, 0.2) is 0 Å². The predicted octanol–water partition coefficient (Wildman–Crippen LogP) is 3.21. The van der Waals surface area contributed by atoms with E-state index in [2.05, 4.69) is 69.2 Å². The summed E-state index contributed by atoms with van der Waals surface area (Å²) in [7, 11) is 2.18. The van der Waals surface area contributed by atoms with Crippen LogP contribution in [-0.2, 0) is 0 Å². The molecular formula is C15H26N2. The molecule has 0 saturated carbocycles. The zero-order valence-electron chi connectivity index (χ0n) is 11.8. The number of hydrogen-bond donors (Lipinski definition) is 1. The van der Waals surface area contributed by atoms with E-state index in [0.29, 0.717) is 12.1 Å². The molecule has 0 aliphatic heterocycles. The number of nitrogens with one attached hydrogen (secondary N) is 1. The first kappa shape index (κ1) is 14.0. The van der Waals surface area contributed by atoms with Crippen LogP contribution in [0.5, 0.6) is 0 Å². The van der Waals surface area contributed by atoms with Gasteiger partial charge in [-0.2, -0.15) is 0 Å². The second kappa shape index (κ2) is 6.65. The Kier molecular flexibility index (Phi) is 5.49. The van der Waals surface area contributed by atoms with Crippen LogP contribution in [-0.4, -0.2) is 25.7 Å². The monoisotopic (exact) mass is 234 g/mol. The van der Waals surface area contributed by atoms with E-state index in [0.717, 1.165) is 13.0 Å². The Bertz CT molecular complexity index is 316. The predicted molar refractivity (Wildman–Crippen MR) is 76.8 cm³/mol. The number of rotatable bonds is 6. The lowest BCUT2D eigenvalue weighted by Gasteiger charge is -2.30. The van der Waals surface area contributed by atoms with Gasteiger partial charge in [-0.05, 0) is 25.5 Å². The lowest BCUT2D eigenvalue weighted by Crippen LogP contribution is -2.41. The molecule has 0 bridgehead atoms. The van der Waals surface area contributed by atoms with Crippen molar-refractivity contribution in [1.82, 2.24) is 5.32 Å². The van der Waals surface area contributed by atoms with Gasteiger partial charge < -0.3 is 10.2 Å². The molecule has 0 heterocycles. The fourth-order valence-corrected chi connectivity index (χ4v) is 1.92. The first-order valence-electron chi connectivity index (χ1n) is 6.57. The third kappa shape index (κ3) is 4.39. The number of likely N-dealkylation sites (N-methyl/N-ethyl adjacent to an activating group) is 1. The van der Waals surface area contributed by atoms with Gasteiger partial charge in [0.1, 0.15) is 0 Å². The highest BCUT2D eigenvalue weighted by atomic mass is 15.2. The van der Waals surface area contributed by atoms with Crippen LogP contribution in [0.2, 0.25) is 0 Å². The lowest BCUT2D eigenvalue weighted by atomic mass is 10.1. The number of benzene rings is 1. The minimum atomic E-state index is 0.551. The molecular weight excluding hydrogens is 208 g/mol. The highest BCUT2D eigenvalue weighted by Crippen LogP contribution is 2.17. The second-order valence-corrected chi connectivity index (χ2v) is 5.07. The smallest absolute Gasteiger partial charge is 0.0408 e. The molecule has 2 nitrogen and oxygen atoms in total. The molecule has 0 spiro atoms. The zero-order valence-corrected chi connectivity index (χ0v) is 11.8. The maximum atomic E-state index is 3.52. The van der Waals surface area contributed by atoms with Crippen LogP contribution in [0.4, 0.5) is 5.69 Å². The SMILES string of the molecule is CCC(CNC(C)C)N(C)c1ccc(C)cc1. The Morgan fingerprint density at radius 3 is 2.24 bits per heavy atom. The van der Waals surface area contributed by atoms with Gasteiger partial charge >= 0.3 is 0 Å². The van der Waals surface area contributed by atoms with Gasteiger partial charge in [-0.1, -0.05) is 38.5 Å². The molecule has 0 amide bonds. The van der Waals surface area contributed by atoms with Gasteiger partial charge in [0.25, 0.3) is 0 Å². The van der Waals surface area contributed by atoms with Crippen molar-refractivity contribution in [3.05, 3.63) is 29.8 Å². The molecule has 2 heteroatoms. The summed E-state index contributed by atoms with van der Waals surface area (Å²) in [6, 6.07) is 9.86. The van der Waals surface area contributed by atoms with Crippen LogP contribution in [0, 0.1) is 6.92 Å². The van der Waals surface area contributed by atoms with Crippen LogP contribution >= 0.6 is 0 Å². The number of anilines is 1. The largest absolute Gasteiger partial charge is 0.370 e. The Labute approximate surface area is 106 Å². The normalized spacial score (nSPS) is 12.8. The maximum Gasteiger partial charge on any atom is 0.0408 e. The third-order valence-electron chi connectivity index (χ3n) is 3.22. The van der Waals surface area contributed by atoms with E-state index < -0.39 is 0 Å². The van der Waals surface area contributed by atoms with Crippen molar-refractivity contribution in [3.63, 3.8) is 0 Å². The lowest BCUT2D eigenvalue weighted by molar-refractivity contribution is 0.502. The average molecular weight is 234 g/mol. The molecule has 1 N–H and O–H groups in total. The van der Waals surface area contributed by atoms with Gasteiger partial charge in [0.2, 0.25) is 0 Å². The van der Waals surface area contributed by atoms with Crippen LogP contribution in [0.1, 0.15) is 32.8 Å². The maximum absolute atomic E-state index is 3.52. The topological polar surface area (TPSA) is 15.3 Å². The molecule has 0 aliphatic carbocycles. The molecule has 1 atom stereocenters. The van der Waals surface area contributed by atoms with Gasteiger partial charge in [0, 0.05) is 31.4 Å². The Morgan fingerprint density at radius 1 is 1.18 bits per heavy atom. The molecule has 17 heavy (non-hydrogen) atoms. The van der Waals surface area contributed by atoms with E-state index in [1.54, 1.807) is 0 Å². The summed E-state index contributed by atoms with van der Waals surface area (Å²) in [4.78, 5) is 2.37. The summed E-state index contributed by atoms with van der Waals surface area (Å²) in [6.45, 7) is 9.80. The molecule has 0 aromatic heterocycles. The first-order chi connectivity index (χ1) is 8.04. The van der Waals surface area contributed by atoms with Crippen molar-refractivity contribution in [1.29, 1.82) is 0 Å². The van der Waals surface area contributed by atoms with Crippen molar-refractivity contribution in [2.24, 2.45) is 0 Å². The number of nitrogens with zero attached hydrogens (tertiary/aromatic N) is 1. The van der Waals surface area contributed by atoms with Gasteiger partial charge in [-0.25, -0.2) is 0 Å². The summed E-state index contributed by atoms with van der Waals surface area (Å²) in [5.41, 5.74) is 2.61. The van der Waals surface area contributed by atoms with E-state index in [9.17, 15) is 0 Å². The third-order valence-corrected chi connectivity index (χ3v) is 3.22. The minimum absolute atomic E-state index is 0.551. The van der Waals surface area contributed by atoms with Crippen molar-refractivity contribution < 1.29 is 0 Å². The van der Waals surface area contributed by atoms with Crippen LogP contribution < -0.4 is 10.2 Å². The Hall–Kier alpha value is -1.02. The molecule has 1 rings (SSSR count). The summed E-state index contributed by atoms with van der Waals surface area (Å²) >= 11 is 0. The summed E-state index contributed by atoms with van der Waals surface area (Å²) < 4.78 is 0. The fourth-order valence-electron chi connectivity index (χ4n) is 1.92. The molecule has 1 aromatic carbocycles. The van der Waals surface area contributed by atoms with Gasteiger partial charge in [-0.15, -0.1) is 0 Å². The molecule has 0 aliphatic rings. The molecule has 0 fully saturated rings. The summed E-state index contributed by atoms with van der Waals surface area (Å²) in [5, 5.41) is 3.52. The quantitative estimate of drug-likeness (QED) is 0.813. The van der Waals surface area contributed by atoms with Crippen molar-refractivity contribution in [2.75, 3.05) is 18.5 Å². The molecule has 0 radical (unpaired) electrons. The van der Waals surface area contributed by atoms with E-state index in [4.69, 9.17) is 0 Å². The van der Waals surface area contributed by atoms with Crippen LogP contribution in [0.3, 0.4) is 0 Å². The van der Waals surface area contributed by atoms with Crippen molar-refractivity contribution in [3.8, 4) is 0 Å². The summed E-state index contributed by atoms with van der Waals surface area (Å²) in [6.07, 6.45) is 1.16. The fraction of sp³-hybridized carbons (Fsp3) is 0.600.